The number of aromatic nitrogens is 4. The second kappa shape index (κ2) is 6.73. The molecular weight excluding hydrogens is 326 g/mol. The number of aryl methyl sites for hydroxylation is 1. The van der Waals surface area contributed by atoms with Crippen LogP contribution in [0, 0.1) is 5.92 Å². The van der Waals surface area contributed by atoms with Crippen LogP contribution in [0.25, 0.3) is 11.2 Å². The van der Waals surface area contributed by atoms with E-state index in [4.69, 9.17) is 4.74 Å². The van der Waals surface area contributed by atoms with Gasteiger partial charge in [-0.15, -0.1) is 0 Å². The maximum atomic E-state index is 12.3. The minimum Gasteiger partial charge on any atom is -0.465 e. The monoisotopic (exact) mass is 349 g/mol. The molecule has 25 heavy (non-hydrogen) atoms. The fourth-order valence-corrected chi connectivity index (χ4v) is 3.17. The van der Waals surface area contributed by atoms with Crippen molar-refractivity contribution in [1.29, 1.82) is 0 Å². The highest BCUT2D eigenvalue weighted by Crippen LogP contribution is 2.22. The highest BCUT2D eigenvalue weighted by Gasteiger charge is 2.24. The number of anilines is 1. The Morgan fingerprint density at radius 1 is 1.32 bits per heavy atom. The minimum absolute atomic E-state index is 0.195. The number of carbonyl (C=O) groups is 1. The zero-order valence-corrected chi connectivity index (χ0v) is 14.7. The number of ether oxygens (including phenoxy) is 1. The fourth-order valence-electron chi connectivity index (χ4n) is 3.17. The SMILES string of the molecule is CCC(=O)OC[C@H]1CCCN(c2nc3c([nH]2)c(=O)n(C)c(=O)n3C)C1. The third-order valence-corrected chi connectivity index (χ3v) is 4.67. The summed E-state index contributed by atoms with van der Waals surface area (Å²) in [5.74, 6) is 0.600. The van der Waals surface area contributed by atoms with Crippen LogP contribution in [0.1, 0.15) is 26.2 Å². The Morgan fingerprint density at radius 3 is 2.80 bits per heavy atom. The zero-order valence-electron chi connectivity index (χ0n) is 14.7. The minimum atomic E-state index is -0.404. The molecule has 1 atom stereocenters. The lowest BCUT2D eigenvalue weighted by Crippen LogP contribution is -2.38. The van der Waals surface area contributed by atoms with E-state index in [-0.39, 0.29) is 17.4 Å². The summed E-state index contributed by atoms with van der Waals surface area (Å²) < 4.78 is 7.67. The van der Waals surface area contributed by atoms with Crippen LogP contribution < -0.4 is 16.1 Å². The molecule has 3 rings (SSSR count). The van der Waals surface area contributed by atoms with Crippen LogP contribution >= 0.6 is 0 Å². The molecule has 0 aliphatic carbocycles. The Hall–Kier alpha value is -2.58. The molecule has 3 heterocycles. The summed E-state index contributed by atoms with van der Waals surface area (Å²) in [4.78, 5) is 45.2. The molecule has 1 aliphatic rings. The number of fused-ring (bicyclic) bond motifs is 1. The van der Waals surface area contributed by atoms with Crippen molar-refractivity contribution in [3.8, 4) is 0 Å². The first-order chi connectivity index (χ1) is 11.9. The smallest absolute Gasteiger partial charge is 0.332 e. The lowest BCUT2D eigenvalue weighted by atomic mass is 9.99. The number of piperidine rings is 1. The number of hydrogen-bond acceptors (Lipinski definition) is 6. The first-order valence-electron chi connectivity index (χ1n) is 8.48. The van der Waals surface area contributed by atoms with Crippen molar-refractivity contribution in [2.75, 3.05) is 24.6 Å². The van der Waals surface area contributed by atoms with Crippen LogP contribution in [0.2, 0.25) is 0 Å². The molecule has 1 saturated heterocycles. The van der Waals surface area contributed by atoms with Gasteiger partial charge in [0.2, 0.25) is 5.95 Å². The van der Waals surface area contributed by atoms with Crippen molar-refractivity contribution in [3.63, 3.8) is 0 Å². The summed E-state index contributed by atoms with van der Waals surface area (Å²) in [6, 6.07) is 0. The summed E-state index contributed by atoms with van der Waals surface area (Å²) in [5.41, 5.74) is -0.123. The standard InChI is InChI=1S/C16H23N5O4/c1-4-11(22)25-9-10-6-5-7-21(8-10)15-17-12-13(18-15)19(2)16(24)20(3)14(12)23/h10H,4-9H2,1-3H3,(H,17,18)/t10-/m0/s1. The van der Waals surface area contributed by atoms with E-state index in [1.165, 1.54) is 11.6 Å². The van der Waals surface area contributed by atoms with Crippen LogP contribution in [0.15, 0.2) is 9.59 Å². The van der Waals surface area contributed by atoms with Crippen LogP contribution in [0.4, 0.5) is 5.95 Å². The van der Waals surface area contributed by atoms with Gasteiger partial charge in [0.05, 0.1) is 6.61 Å². The van der Waals surface area contributed by atoms with Gasteiger partial charge in [0.25, 0.3) is 5.56 Å². The van der Waals surface area contributed by atoms with Crippen molar-refractivity contribution in [2.45, 2.75) is 26.2 Å². The third-order valence-electron chi connectivity index (χ3n) is 4.67. The molecule has 9 nitrogen and oxygen atoms in total. The maximum Gasteiger partial charge on any atom is 0.332 e. The Labute approximate surface area is 144 Å². The van der Waals surface area contributed by atoms with Gasteiger partial charge >= 0.3 is 11.7 Å². The molecule has 0 bridgehead atoms. The Morgan fingerprint density at radius 2 is 2.08 bits per heavy atom. The summed E-state index contributed by atoms with van der Waals surface area (Å²) >= 11 is 0. The molecule has 0 amide bonds. The zero-order chi connectivity index (χ0) is 18.1. The number of hydrogen-bond donors (Lipinski definition) is 1. The van der Waals surface area contributed by atoms with Gasteiger partial charge in [-0.2, -0.15) is 4.98 Å². The first kappa shape index (κ1) is 17.2. The van der Waals surface area contributed by atoms with E-state index < -0.39 is 5.69 Å². The second-order valence-electron chi connectivity index (χ2n) is 6.46. The van der Waals surface area contributed by atoms with Gasteiger partial charge in [0.1, 0.15) is 0 Å². The molecule has 0 radical (unpaired) electrons. The molecule has 1 aliphatic heterocycles. The highest BCUT2D eigenvalue weighted by molar-refractivity contribution is 5.73. The van der Waals surface area contributed by atoms with E-state index in [1.54, 1.807) is 14.0 Å². The highest BCUT2D eigenvalue weighted by atomic mass is 16.5. The summed E-state index contributed by atoms with van der Waals surface area (Å²) in [5, 5.41) is 0. The normalized spacial score (nSPS) is 17.9. The lowest BCUT2D eigenvalue weighted by molar-refractivity contribution is -0.144. The predicted molar refractivity (Wildman–Crippen MR) is 92.8 cm³/mol. The molecule has 0 saturated carbocycles. The van der Waals surface area contributed by atoms with Gasteiger partial charge in [-0.05, 0) is 12.8 Å². The van der Waals surface area contributed by atoms with E-state index >= 15 is 0 Å². The number of H-pyrrole nitrogens is 1. The molecule has 0 aromatic carbocycles. The fraction of sp³-hybridized carbons (Fsp3) is 0.625. The molecule has 1 N–H and O–H groups in total. The van der Waals surface area contributed by atoms with Crippen LogP contribution in [-0.4, -0.2) is 44.8 Å². The Bertz CT molecular complexity index is 910. The van der Waals surface area contributed by atoms with Crippen molar-refractivity contribution < 1.29 is 9.53 Å². The summed E-state index contributed by atoms with van der Waals surface area (Å²) in [6.07, 6.45) is 2.30. The maximum absolute atomic E-state index is 12.3. The summed E-state index contributed by atoms with van der Waals surface area (Å²) in [6.45, 7) is 3.65. The average Bonchev–Trinajstić information content (AvgIpc) is 3.08. The molecule has 1 fully saturated rings. The number of aromatic amines is 1. The van der Waals surface area contributed by atoms with Crippen molar-refractivity contribution >= 4 is 23.1 Å². The number of nitrogens with one attached hydrogen (secondary N) is 1. The Balaban J connectivity index is 1.85. The van der Waals surface area contributed by atoms with E-state index in [0.29, 0.717) is 36.7 Å². The summed E-state index contributed by atoms with van der Waals surface area (Å²) in [7, 11) is 3.04. The van der Waals surface area contributed by atoms with Gasteiger partial charge < -0.3 is 14.6 Å². The average molecular weight is 349 g/mol. The molecule has 0 spiro atoms. The first-order valence-corrected chi connectivity index (χ1v) is 8.48. The quantitative estimate of drug-likeness (QED) is 0.787. The van der Waals surface area contributed by atoms with E-state index in [9.17, 15) is 14.4 Å². The molecule has 136 valence electrons. The molecule has 9 heteroatoms. The van der Waals surface area contributed by atoms with Gasteiger partial charge in [-0.25, -0.2) is 4.79 Å². The van der Waals surface area contributed by atoms with Gasteiger partial charge in [-0.3, -0.25) is 18.7 Å². The number of rotatable bonds is 4. The second-order valence-corrected chi connectivity index (χ2v) is 6.46. The predicted octanol–water partition coefficient (Wildman–Crippen LogP) is 0.130. The van der Waals surface area contributed by atoms with Crippen LogP contribution in [0.3, 0.4) is 0 Å². The van der Waals surface area contributed by atoms with E-state index in [2.05, 4.69) is 9.97 Å². The topological polar surface area (TPSA) is 102 Å². The van der Waals surface area contributed by atoms with Gasteiger partial charge in [0.15, 0.2) is 11.2 Å². The van der Waals surface area contributed by atoms with Crippen molar-refractivity contribution in [1.82, 2.24) is 19.1 Å². The number of imidazole rings is 1. The molecule has 2 aromatic rings. The lowest BCUT2D eigenvalue weighted by Gasteiger charge is -2.32. The Kier molecular flexibility index (Phi) is 4.65. The third kappa shape index (κ3) is 3.18. The van der Waals surface area contributed by atoms with E-state index in [1.807, 2.05) is 4.90 Å². The van der Waals surface area contributed by atoms with Crippen LogP contribution in [-0.2, 0) is 23.6 Å². The largest absolute Gasteiger partial charge is 0.465 e. The van der Waals surface area contributed by atoms with Crippen molar-refractivity contribution in [2.24, 2.45) is 20.0 Å². The molecule has 2 aromatic heterocycles. The molecular formula is C16H23N5O4. The van der Waals surface area contributed by atoms with Crippen molar-refractivity contribution in [3.05, 3.63) is 20.8 Å². The van der Waals surface area contributed by atoms with Gasteiger partial charge in [-0.1, -0.05) is 6.92 Å². The van der Waals surface area contributed by atoms with Crippen LogP contribution in [0.5, 0.6) is 0 Å². The number of nitrogens with zero attached hydrogens (tertiary/aromatic N) is 4. The number of esters is 1. The molecule has 0 unspecified atom stereocenters. The van der Waals surface area contributed by atoms with Gasteiger partial charge in [0, 0.05) is 39.5 Å². The number of carbonyl (C=O) groups excluding carboxylic acids is 1. The van der Waals surface area contributed by atoms with E-state index in [0.717, 1.165) is 24.0 Å².